The van der Waals surface area contributed by atoms with Crippen LogP contribution in [0, 0.1) is 11.7 Å². The number of nitrogen functional groups attached to an aromatic ring is 1. The lowest BCUT2D eigenvalue weighted by Crippen LogP contribution is -2.42. The number of H-pyrrole nitrogens is 1. The summed E-state index contributed by atoms with van der Waals surface area (Å²) < 4.78 is 17.4. The fraction of sp³-hybridized carbons (Fsp3) is 0.440. The van der Waals surface area contributed by atoms with Crippen molar-refractivity contribution in [2.24, 2.45) is 5.92 Å². The minimum absolute atomic E-state index is 0.0536. The quantitative estimate of drug-likeness (QED) is 0.512. The molecule has 3 N–H and O–H groups in total. The van der Waals surface area contributed by atoms with E-state index in [1.165, 1.54) is 20.2 Å². The Morgan fingerprint density at radius 3 is 2.69 bits per heavy atom. The molecule has 0 fully saturated rings. The van der Waals surface area contributed by atoms with Crippen molar-refractivity contribution in [3.63, 3.8) is 0 Å². The molecule has 1 aliphatic carbocycles. The molecule has 2 aromatic heterocycles. The largest absolute Gasteiger partial charge is 0.383 e. The van der Waals surface area contributed by atoms with Crippen molar-refractivity contribution in [1.82, 2.24) is 19.3 Å². The molecule has 0 saturated carbocycles. The Labute approximate surface area is 202 Å². The van der Waals surface area contributed by atoms with Crippen LogP contribution in [0.4, 0.5) is 15.9 Å². The molecule has 0 spiro atoms. The molecule has 0 radical (unpaired) electrons. The highest BCUT2D eigenvalue weighted by Crippen LogP contribution is 2.30. The second kappa shape index (κ2) is 9.89. The maximum Gasteiger partial charge on any atom is 0.330 e. The van der Waals surface area contributed by atoms with Crippen molar-refractivity contribution in [2.75, 3.05) is 17.2 Å². The van der Waals surface area contributed by atoms with Crippen LogP contribution in [0.15, 0.2) is 33.9 Å². The predicted molar refractivity (Wildman–Crippen MR) is 133 cm³/mol. The summed E-state index contributed by atoms with van der Waals surface area (Å²) in [5, 5.41) is 4.53. The molecule has 1 aromatic carbocycles. The number of halogens is 1. The van der Waals surface area contributed by atoms with E-state index in [0.29, 0.717) is 25.8 Å². The average molecular weight is 483 g/mol. The van der Waals surface area contributed by atoms with E-state index in [4.69, 9.17) is 5.73 Å². The third-order valence-electron chi connectivity index (χ3n) is 6.23. The van der Waals surface area contributed by atoms with Crippen LogP contribution < -0.4 is 21.9 Å². The maximum absolute atomic E-state index is 14.6. The van der Waals surface area contributed by atoms with E-state index < -0.39 is 23.0 Å². The fourth-order valence-electron chi connectivity index (χ4n) is 4.58. The Hall–Kier alpha value is -3.69. The second-order valence-electron chi connectivity index (χ2n) is 9.30. The minimum Gasteiger partial charge on any atom is -0.383 e. The zero-order valence-electron chi connectivity index (χ0n) is 20.3. The number of aromatic nitrogens is 4. The summed E-state index contributed by atoms with van der Waals surface area (Å²) in [5.74, 6) is -0.887. The summed E-state index contributed by atoms with van der Waals surface area (Å²) >= 11 is 0. The topological polar surface area (TPSA) is 119 Å². The van der Waals surface area contributed by atoms with E-state index in [2.05, 4.69) is 10.1 Å². The van der Waals surface area contributed by atoms with Gasteiger partial charge in [0.15, 0.2) is 11.4 Å². The number of carbonyl (C=O) groups is 1. The van der Waals surface area contributed by atoms with Crippen LogP contribution >= 0.6 is 0 Å². The highest BCUT2D eigenvalue weighted by molar-refractivity contribution is 6.07. The number of rotatable bonds is 8. The number of benzene rings is 1. The molecule has 9 nitrogen and oxygen atoms in total. The summed E-state index contributed by atoms with van der Waals surface area (Å²) in [7, 11) is 0. The normalized spacial score (nSPS) is 12.8. The van der Waals surface area contributed by atoms with Crippen LogP contribution in [0.1, 0.15) is 61.8 Å². The highest BCUT2D eigenvalue weighted by atomic mass is 19.1. The first kappa shape index (κ1) is 24.4. The van der Waals surface area contributed by atoms with Gasteiger partial charge in [-0.05, 0) is 43.7 Å². The monoisotopic (exact) mass is 482 g/mol. The Balaban J connectivity index is 1.86. The highest BCUT2D eigenvalue weighted by Gasteiger charge is 2.33. The lowest BCUT2D eigenvalue weighted by Gasteiger charge is -2.24. The number of amides is 1. The summed E-state index contributed by atoms with van der Waals surface area (Å²) in [4.78, 5) is 42.9. The van der Waals surface area contributed by atoms with Crippen molar-refractivity contribution in [2.45, 2.75) is 59.4 Å². The van der Waals surface area contributed by atoms with Gasteiger partial charge >= 0.3 is 5.69 Å². The average Bonchev–Trinajstić information content (AvgIpc) is 3.42. The number of nitrogens with one attached hydrogen (secondary N) is 1. The Morgan fingerprint density at radius 2 is 2.00 bits per heavy atom. The number of nitrogens with zero attached hydrogens (tertiary/aromatic N) is 4. The van der Waals surface area contributed by atoms with Crippen molar-refractivity contribution >= 4 is 17.4 Å². The van der Waals surface area contributed by atoms with Crippen molar-refractivity contribution in [3.05, 3.63) is 67.9 Å². The standard InChI is InChI=1S/C25H31FN6O3/c1-4-5-13-30(21-22(27)31(14-15(2)3)25(35)28-23(21)33)24(34)20-16-9-8-12-18(16)32(29-20)19-11-7-6-10-17(19)26/h6-7,10-11,15H,4-5,8-9,12-14,27H2,1-3H3,(H,28,33,35). The lowest BCUT2D eigenvalue weighted by molar-refractivity contribution is 0.0980. The Morgan fingerprint density at radius 1 is 1.26 bits per heavy atom. The van der Waals surface area contributed by atoms with E-state index in [9.17, 15) is 18.8 Å². The molecule has 0 atom stereocenters. The van der Waals surface area contributed by atoms with E-state index in [1.54, 1.807) is 18.2 Å². The number of unbranched alkanes of at least 4 members (excludes halogenated alkanes) is 1. The molecule has 0 saturated heterocycles. The van der Waals surface area contributed by atoms with Crippen LogP contribution in [0.25, 0.3) is 5.69 Å². The number of anilines is 2. The molecule has 186 valence electrons. The molecule has 10 heteroatoms. The third-order valence-corrected chi connectivity index (χ3v) is 6.23. The first-order chi connectivity index (χ1) is 16.7. The number of aromatic amines is 1. The van der Waals surface area contributed by atoms with E-state index >= 15 is 0 Å². The zero-order chi connectivity index (χ0) is 25.3. The van der Waals surface area contributed by atoms with Crippen LogP contribution in [-0.4, -0.2) is 31.8 Å². The number of para-hydroxylation sites is 1. The lowest BCUT2D eigenvalue weighted by atomic mass is 10.1. The van der Waals surface area contributed by atoms with Gasteiger partial charge in [0.2, 0.25) is 0 Å². The number of hydrogen-bond acceptors (Lipinski definition) is 5. The molecular formula is C25H31FN6O3. The van der Waals surface area contributed by atoms with E-state index in [1.807, 2.05) is 20.8 Å². The van der Waals surface area contributed by atoms with Gasteiger partial charge in [0.1, 0.15) is 17.3 Å². The smallest absolute Gasteiger partial charge is 0.330 e. The van der Waals surface area contributed by atoms with Gasteiger partial charge in [-0.25, -0.2) is 13.9 Å². The number of nitrogens with two attached hydrogens (primary N) is 1. The van der Waals surface area contributed by atoms with Crippen molar-refractivity contribution < 1.29 is 9.18 Å². The number of carbonyl (C=O) groups excluding carboxylic acids is 1. The van der Waals surface area contributed by atoms with E-state index in [-0.39, 0.29) is 35.3 Å². The van der Waals surface area contributed by atoms with Gasteiger partial charge in [-0.1, -0.05) is 39.3 Å². The third kappa shape index (κ3) is 4.52. The molecule has 4 rings (SSSR count). The van der Waals surface area contributed by atoms with Gasteiger partial charge in [-0.2, -0.15) is 5.10 Å². The van der Waals surface area contributed by atoms with Crippen molar-refractivity contribution in [3.8, 4) is 5.69 Å². The molecule has 0 aliphatic heterocycles. The summed E-state index contributed by atoms with van der Waals surface area (Å²) in [6.45, 7) is 6.34. The first-order valence-electron chi connectivity index (χ1n) is 12.0. The summed E-state index contributed by atoms with van der Waals surface area (Å²) in [6, 6.07) is 6.29. The number of hydrogen-bond donors (Lipinski definition) is 2. The SMILES string of the molecule is CCCCN(C(=O)c1nn(-c2ccccc2F)c2c1CCC2)c1c(N)n(CC(C)C)c(=O)[nH]c1=O. The fourth-order valence-corrected chi connectivity index (χ4v) is 4.58. The van der Waals surface area contributed by atoms with Crippen LogP contribution in [-0.2, 0) is 19.4 Å². The molecular weight excluding hydrogens is 451 g/mol. The van der Waals surface area contributed by atoms with Crippen LogP contribution in [0.5, 0.6) is 0 Å². The van der Waals surface area contributed by atoms with Gasteiger partial charge in [0.25, 0.3) is 11.5 Å². The molecule has 0 bridgehead atoms. The van der Waals surface area contributed by atoms with Gasteiger partial charge in [-0.15, -0.1) is 0 Å². The Bertz CT molecular complexity index is 1370. The minimum atomic E-state index is -0.720. The molecule has 0 unspecified atom stereocenters. The zero-order valence-corrected chi connectivity index (χ0v) is 20.3. The summed E-state index contributed by atoms with van der Waals surface area (Å²) in [5.41, 5.74) is 6.93. The summed E-state index contributed by atoms with van der Waals surface area (Å²) in [6.07, 6.45) is 3.50. The second-order valence-corrected chi connectivity index (χ2v) is 9.30. The number of fused-ring (bicyclic) bond motifs is 1. The van der Waals surface area contributed by atoms with Gasteiger partial charge < -0.3 is 5.73 Å². The molecule has 35 heavy (non-hydrogen) atoms. The van der Waals surface area contributed by atoms with Crippen molar-refractivity contribution in [1.29, 1.82) is 0 Å². The molecule has 2 heterocycles. The maximum atomic E-state index is 14.6. The van der Waals surface area contributed by atoms with Gasteiger partial charge in [0, 0.05) is 24.3 Å². The van der Waals surface area contributed by atoms with Gasteiger partial charge in [-0.3, -0.25) is 24.0 Å². The molecule has 3 aromatic rings. The van der Waals surface area contributed by atoms with Crippen LogP contribution in [0.3, 0.4) is 0 Å². The molecule has 1 amide bonds. The first-order valence-corrected chi connectivity index (χ1v) is 12.0. The van der Waals surface area contributed by atoms with Gasteiger partial charge in [0.05, 0.1) is 0 Å². The van der Waals surface area contributed by atoms with E-state index in [0.717, 1.165) is 24.1 Å². The Kier molecular flexibility index (Phi) is 6.90. The van der Waals surface area contributed by atoms with Crippen LogP contribution in [0.2, 0.25) is 0 Å². The molecule has 1 aliphatic rings. The predicted octanol–water partition coefficient (Wildman–Crippen LogP) is 3.04.